The van der Waals surface area contributed by atoms with Crippen LogP contribution in [-0.2, 0) is 17.6 Å². The summed E-state index contributed by atoms with van der Waals surface area (Å²) in [5.41, 5.74) is 5.02. The maximum Gasteiger partial charge on any atom is 0.220 e. The minimum Gasteiger partial charge on any atom is -0.493 e. The SMILES string of the molecule is CCCOc1ccccc1CCCNC(=O)CCc1ccc(C)c(C)c1. The smallest absolute Gasteiger partial charge is 0.220 e. The number of amides is 1. The zero-order valence-corrected chi connectivity index (χ0v) is 16.3. The quantitative estimate of drug-likeness (QED) is 0.625. The second-order valence-corrected chi connectivity index (χ2v) is 6.83. The molecule has 0 bridgehead atoms. The third-order valence-corrected chi connectivity index (χ3v) is 4.59. The van der Waals surface area contributed by atoms with Gasteiger partial charge in [-0.1, -0.05) is 43.3 Å². The Morgan fingerprint density at radius 2 is 1.85 bits per heavy atom. The molecule has 1 amide bonds. The van der Waals surface area contributed by atoms with Crippen LogP contribution in [0.1, 0.15) is 48.4 Å². The fourth-order valence-electron chi connectivity index (χ4n) is 2.88. The van der Waals surface area contributed by atoms with Crippen molar-refractivity contribution in [2.75, 3.05) is 13.2 Å². The molecule has 0 heterocycles. The molecule has 0 spiro atoms. The fourth-order valence-corrected chi connectivity index (χ4v) is 2.88. The Labute approximate surface area is 157 Å². The molecular formula is C23H31NO2. The molecule has 2 rings (SSSR count). The Morgan fingerprint density at radius 3 is 2.62 bits per heavy atom. The molecule has 0 aliphatic carbocycles. The highest BCUT2D eigenvalue weighted by molar-refractivity contribution is 5.76. The van der Waals surface area contributed by atoms with Gasteiger partial charge in [0.05, 0.1) is 6.61 Å². The Morgan fingerprint density at radius 1 is 1.04 bits per heavy atom. The predicted octanol–water partition coefficient (Wildman–Crippen LogP) is 4.77. The van der Waals surface area contributed by atoms with Gasteiger partial charge in [-0.2, -0.15) is 0 Å². The topological polar surface area (TPSA) is 38.3 Å². The van der Waals surface area contributed by atoms with Gasteiger partial charge in [-0.3, -0.25) is 4.79 Å². The highest BCUT2D eigenvalue weighted by Crippen LogP contribution is 2.19. The van der Waals surface area contributed by atoms with Crippen molar-refractivity contribution in [3.8, 4) is 5.75 Å². The van der Waals surface area contributed by atoms with Gasteiger partial charge in [0.2, 0.25) is 5.91 Å². The van der Waals surface area contributed by atoms with Crippen molar-refractivity contribution < 1.29 is 9.53 Å². The monoisotopic (exact) mass is 353 g/mol. The Bertz CT molecular complexity index is 709. The van der Waals surface area contributed by atoms with Crippen LogP contribution in [0.4, 0.5) is 0 Å². The molecule has 0 atom stereocenters. The van der Waals surface area contributed by atoms with Crippen LogP contribution in [0.3, 0.4) is 0 Å². The summed E-state index contributed by atoms with van der Waals surface area (Å²) in [4.78, 5) is 12.1. The minimum absolute atomic E-state index is 0.124. The van der Waals surface area contributed by atoms with Gasteiger partial charge in [0, 0.05) is 13.0 Å². The van der Waals surface area contributed by atoms with Crippen LogP contribution in [0.25, 0.3) is 0 Å². The zero-order chi connectivity index (χ0) is 18.8. The fraction of sp³-hybridized carbons (Fsp3) is 0.435. The van der Waals surface area contributed by atoms with Crippen LogP contribution in [0.5, 0.6) is 5.75 Å². The number of rotatable bonds is 10. The van der Waals surface area contributed by atoms with Gasteiger partial charge in [-0.25, -0.2) is 0 Å². The van der Waals surface area contributed by atoms with E-state index < -0.39 is 0 Å². The second kappa shape index (κ2) is 10.6. The molecule has 2 aromatic carbocycles. The van der Waals surface area contributed by atoms with Gasteiger partial charge in [-0.05, 0) is 67.9 Å². The lowest BCUT2D eigenvalue weighted by Gasteiger charge is -2.11. The highest BCUT2D eigenvalue weighted by atomic mass is 16.5. The molecule has 0 unspecified atom stereocenters. The largest absolute Gasteiger partial charge is 0.493 e. The first-order chi connectivity index (χ1) is 12.6. The van der Waals surface area contributed by atoms with Gasteiger partial charge in [0.15, 0.2) is 0 Å². The number of aryl methyl sites for hydroxylation is 4. The van der Waals surface area contributed by atoms with Crippen molar-refractivity contribution in [1.29, 1.82) is 0 Å². The Kier molecular flexibility index (Phi) is 8.20. The summed E-state index contributed by atoms with van der Waals surface area (Å²) in [6.07, 6.45) is 4.17. The average Bonchev–Trinajstić information content (AvgIpc) is 2.65. The molecule has 3 heteroatoms. The molecule has 0 aliphatic rings. The molecule has 0 saturated heterocycles. The van der Waals surface area contributed by atoms with Gasteiger partial charge in [0.25, 0.3) is 0 Å². The standard InChI is InChI=1S/C23H31NO2/c1-4-16-26-22-10-6-5-8-21(22)9-7-15-24-23(25)14-13-20-12-11-18(2)19(3)17-20/h5-6,8,10-12,17H,4,7,9,13-16H2,1-3H3,(H,24,25). The molecule has 3 nitrogen and oxygen atoms in total. The van der Waals surface area contributed by atoms with Gasteiger partial charge < -0.3 is 10.1 Å². The third-order valence-electron chi connectivity index (χ3n) is 4.59. The Hall–Kier alpha value is -2.29. The summed E-state index contributed by atoms with van der Waals surface area (Å²) in [6, 6.07) is 14.6. The summed E-state index contributed by atoms with van der Waals surface area (Å²) in [5.74, 6) is 1.09. The van der Waals surface area contributed by atoms with E-state index in [1.807, 2.05) is 18.2 Å². The first kappa shape index (κ1) is 20.0. The molecule has 140 valence electrons. The van der Waals surface area contributed by atoms with Crippen LogP contribution in [0.2, 0.25) is 0 Å². The van der Waals surface area contributed by atoms with Crippen molar-refractivity contribution in [1.82, 2.24) is 5.32 Å². The van der Waals surface area contributed by atoms with Crippen molar-refractivity contribution >= 4 is 5.91 Å². The lowest BCUT2D eigenvalue weighted by Crippen LogP contribution is -2.25. The molecule has 26 heavy (non-hydrogen) atoms. The zero-order valence-electron chi connectivity index (χ0n) is 16.3. The number of hydrogen-bond acceptors (Lipinski definition) is 2. The van der Waals surface area contributed by atoms with E-state index in [4.69, 9.17) is 4.74 Å². The number of hydrogen-bond donors (Lipinski definition) is 1. The van der Waals surface area contributed by atoms with E-state index in [1.54, 1.807) is 0 Å². The summed E-state index contributed by atoms with van der Waals surface area (Å²) >= 11 is 0. The van der Waals surface area contributed by atoms with Crippen LogP contribution < -0.4 is 10.1 Å². The lowest BCUT2D eigenvalue weighted by atomic mass is 10.0. The van der Waals surface area contributed by atoms with Crippen LogP contribution >= 0.6 is 0 Å². The van der Waals surface area contributed by atoms with E-state index in [0.29, 0.717) is 13.0 Å². The molecule has 0 saturated carbocycles. The van der Waals surface area contributed by atoms with Crippen LogP contribution in [0, 0.1) is 13.8 Å². The van der Waals surface area contributed by atoms with E-state index in [2.05, 4.69) is 50.4 Å². The number of ether oxygens (including phenoxy) is 1. The van der Waals surface area contributed by atoms with E-state index in [0.717, 1.165) is 38.0 Å². The van der Waals surface area contributed by atoms with Crippen molar-refractivity contribution in [3.05, 3.63) is 64.7 Å². The molecule has 0 radical (unpaired) electrons. The number of carbonyl (C=O) groups is 1. The summed E-state index contributed by atoms with van der Waals surface area (Å²) in [5, 5.41) is 3.03. The van der Waals surface area contributed by atoms with E-state index in [1.165, 1.54) is 22.3 Å². The number of nitrogens with one attached hydrogen (secondary N) is 1. The van der Waals surface area contributed by atoms with Crippen LogP contribution in [0.15, 0.2) is 42.5 Å². The summed E-state index contributed by atoms with van der Waals surface area (Å²) < 4.78 is 5.78. The van der Waals surface area contributed by atoms with Gasteiger partial charge in [-0.15, -0.1) is 0 Å². The highest BCUT2D eigenvalue weighted by Gasteiger charge is 2.05. The lowest BCUT2D eigenvalue weighted by molar-refractivity contribution is -0.121. The molecule has 0 aromatic heterocycles. The molecule has 0 fully saturated rings. The number of carbonyl (C=O) groups excluding carboxylic acids is 1. The maximum absolute atomic E-state index is 12.1. The van der Waals surface area contributed by atoms with Gasteiger partial charge >= 0.3 is 0 Å². The number of benzene rings is 2. The normalized spacial score (nSPS) is 10.6. The van der Waals surface area contributed by atoms with Gasteiger partial charge in [0.1, 0.15) is 5.75 Å². The second-order valence-electron chi connectivity index (χ2n) is 6.83. The third kappa shape index (κ3) is 6.55. The van der Waals surface area contributed by atoms with E-state index in [-0.39, 0.29) is 5.91 Å². The molecule has 0 aliphatic heterocycles. The average molecular weight is 354 g/mol. The summed E-state index contributed by atoms with van der Waals surface area (Å²) in [7, 11) is 0. The molecule has 1 N–H and O–H groups in total. The van der Waals surface area contributed by atoms with Crippen molar-refractivity contribution in [3.63, 3.8) is 0 Å². The number of para-hydroxylation sites is 1. The molecular weight excluding hydrogens is 322 g/mol. The van der Waals surface area contributed by atoms with Crippen molar-refractivity contribution in [2.45, 2.75) is 52.9 Å². The maximum atomic E-state index is 12.1. The first-order valence-corrected chi connectivity index (χ1v) is 9.63. The van der Waals surface area contributed by atoms with E-state index in [9.17, 15) is 4.79 Å². The predicted molar refractivity (Wildman–Crippen MR) is 108 cm³/mol. The first-order valence-electron chi connectivity index (χ1n) is 9.63. The summed E-state index contributed by atoms with van der Waals surface area (Å²) in [6.45, 7) is 7.77. The Balaban J connectivity index is 1.69. The molecule has 2 aromatic rings. The van der Waals surface area contributed by atoms with Crippen molar-refractivity contribution in [2.24, 2.45) is 0 Å². The van der Waals surface area contributed by atoms with Crippen LogP contribution in [-0.4, -0.2) is 19.1 Å². The minimum atomic E-state index is 0.124. The van der Waals surface area contributed by atoms with E-state index >= 15 is 0 Å².